The molecule has 3 nitrogen and oxygen atoms in total. The Morgan fingerprint density at radius 1 is 1.19 bits per heavy atom. The van der Waals surface area contributed by atoms with Gasteiger partial charge in [-0.05, 0) is 49.4 Å². The molecule has 0 saturated carbocycles. The van der Waals surface area contributed by atoms with E-state index < -0.39 is 0 Å². The Kier molecular flexibility index (Phi) is 3.68. The number of rotatable bonds is 3. The topological polar surface area (TPSA) is 49.0 Å². The molecule has 0 aliphatic rings. The number of nitrogens with zero attached hydrogens (tertiary/aromatic N) is 1. The molecule has 0 bridgehead atoms. The fourth-order valence-electron chi connectivity index (χ4n) is 2.25. The highest BCUT2D eigenvalue weighted by Gasteiger charge is 2.12. The summed E-state index contributed by atoms with van der Waals surface area (Å²) >= 11 is 3.46. The molecule has 4 heteroatoms. The van der Waals surface area contributed by atoms with Crippen LogP contribution in [0.25, 0.3) is 11.0 Å². The second kappa shape index (κ2) is 5.63. The van der Waals surface area contributed by atoms with Gasteiger partial charge >= 0.3 is 0 Å². The molecule has 1 aromatic heterocycles. The van der Waals surface area contributed by atoms with Crippen molar-refractivity contribution in [1.29, 1.82) is 5.26 Å². The maximum absolute atomic E-state index is 8.93. The number of halogens is 1. The van der Waals surface area contributed by atoms with Gasteiger partial charge in [0, 0.05) is 15.5 Å². The number of hydrogen-bond acceptors (Lipinski definition) is 3. The molecule has 0 saturated heterocycles. The standard InChI is InChI=1S/C17H13BrN2O/c1-11(20-15-4-2-3-12(7-15)10-19)17-9-13-8-14(18)5-6-16(13)21-17/h2-9,11,20H,1H3. The van der Waals surface area contributed by atoms with E-state index in [-0.39, 0.29) is 6.04 Å². The van der Waals surface area contributed by atoms with Gasteiger partial charge in [-0.3, -0.25) is 0 Å². The third-order valence-corrected chi connectivity index (χ3v) is 3.79. The highest BCUT2D eigenvalue weighted by atomic mass is 79.9. The Bertz CT molecular complexity index is 832. The van der Waals surface area contributed by atoms with Crippen molar-refractivity contribution in [3.05, 3.63) is 64.3 Å². The Hall–Kier alpha value is -2.25. The lowest BCUT2D eigenvalue weighted by atomic mass is 10.2. The lowest BCUT2D eigenvalue weighted by Crippen LogP contribution is -2.05. The summed E-state index contributed by atoms with van der Waals surface area (Å²) in [5.74, 6) is 0.866. The number of benzene rings is 2. The fraction of sp³-hybridized carbons (Fsp3) is 0.118. The summed E-state index contributed by atoms with van der Waals surface area (Å²) in [6.45, 7) is 2.03. The van der Waals surface area contributed by atoms with Crippen molar-refractivity contribution in [2.75, 3.05) is 5.32 Å². The molecule has 1 atom stereocenters. The molecule has 1 heterocycles. The van der Waals surface area contributed by atoms with Crippen LogP contribution in [0.4, 0.5) is 5.69 Å². The van der Waals surface area contributed by atoms with Crippen LogP contribution in [0.1, 0.15) is 24.3 Å². The molecule has 0 spiro atoms. The predicted molar refractivity (Wildman–Crippen MR) is 87.1 cm³/mol. The van der Waals surface area contributed by atoms with Crippen LogP contribution in [-0.4, -0.2) is 0 Å². The molecule has 0 aliphatic carbocycles. The molecule has 3 aromatic rings. The van der Waals surface area contributed by atoms with Crippen molar-refractivity contribution in [1.82, 2.24) is 0 Å². The van der Waals surface area contributed by atoms with Crippen LogP contribution < -0.4 is 5.32 Å². The average molecular weight is 341 g/mol. The zero-order valence-electron chi connectivity index (χ0n) is 11.4. The Labute approximate surface area is 131 Å². The number of furan rings is 1. The molecule has 0 radical (unpaired) electrons. The van der Waals surface area contributed by atoms with Crippen molar-refractivity contribution in [3.63, 3.8) is 0 Å². The quantitative estimate of drug-likeness (QED) is 0.709. The first kappa shape index (κ1) is 13.7. The van der Waals surface area contributed by atoms with Crippen LogP contribution in [0.15, 0.2) is 57.4 Å². The molecular weight excluding hydrogens is 328 g/mol. The van der Waals surface area contributed by atoms with Gasteiger partial charge in [-0.2, -0.15) is 5.26 Å². The van der Waals surface area contributed by atoms with Gasteiger partial charge in [0.25, 0.3) is 0 Å². The number of fused-ring (bicyclic) bond motifs is 1. The van der Waals surface area contributed by atoms with Crippen LogP contribution >= 0.6 is 15.9 Å². The van der Waals surface area contributed by atoms with Crippen molar-refractivity contribution in [3.8, 4) is 6.07 Å². The lowest BCUT2D eigenvalue weighted by Gasteiger charge is -2.12. The van der Waals surface area contributed by atoms with E-state index in [1.807, 2.05) is 49.4 Å². The second-order valence-corrected chi connectivity index (χ2v) is 5.81. The van der Waals surface area contributed by atoms with Crippen LogP contribution in [0.3, 0.4) is 0 Å². The molecule has 21 heavy (non-hydrogen) atoms. The van der Waals surface area contributed by atoms with E-state index >= 15 is 0 Å². The van der Waals surface area contributed by atoms with E-state index in [0.717, 1.165) is 26.9 Å². The highest BCUT2D eigenvalue weighted by Crippen LogP contribution is 2.28. The van der Waals surface area contributed by atoms with Crippen LogP contribution in [0, 0.1) is 11.3 Å². The minimum Gasteiger partial charge on any atom is -0.459 e. The van der Waals surface area contributed by atoms with E-state index in [9.17, 15) is 0 Å². The predicted octanol–water partition coefficient (Wildman–Crippen LogP) is 5.24. The fourth-order valence-corrected chi connectivity index (χ4v) is 2.63. The summed E-state index contributed by atoms with van der Waals surface area (Å²) in [5, 5.41) is 13.4. The summed E-state index contributed by atoms with van der Waals surface area (Å²) in [4.78, 5) is 0. The van der Waals surface area contributed by atoms with Gasteiger partial charge in [-0.15, -0.1) is 0 Å². The minimum absolute atomic E-state index is 0.0186. The van der Waals surface area contributed by atoms with Gasteiger partial charge in [-0.25, -0.2) is 0 Å². The monoisotopic (exact) mass is 340 g/mol. The molecule has 1 N–H and O–H groups in total. The van der Waals surface area contributed by atoms with Gasteiger partial charge in [-0.1, -0.05) is 22.0 Å². The zero-order valence-corrected chi connectivity index (χ0v) is 13.0. The minimum atomic E-state index is 0.0186. The lowest BCUT2D eigenvalue weighted by molar-refractivity contribution is 0.526. The Morgan fingerprint density at radius 2 is 2.05 bits per heavy atom. The van der Waals surface area contributed by atoms with Crippen LogP contribution in [0.2, 0.25) is 0 Å². The summed E-state index contributed by atoms with van der Waals surface area (Å²) in [5.41, 5.74) is 2.41. The molecule has 104 valence electrons. The molecular formula is C17H13BrN2O. The van der Waals surface area contributed by atoms with Crippen LogP contribution in [-0.2, 0) is 0 Å². The van der Waals surface area contributed by atoms with E-state index in [1.165, 1.54) is 0 Å². The normalized spacial score (nSPS) is 12.0. The Morgan fingerprint density at radius 3 is 2.86 bits per heavy atom. The molecule has 1 unspecified atom stereocenters. The number of anilines is 1. The molecule has 0 fully saturated rings. The largest absolute Gasteiger partial charge is 0.459 e. The van der Waals surface area contributed by atoms with Gasteiger partial charge in [0.1, 0.15) is 11.3 Å². The smallest absolute Gasteiger partial charge is 0.134 e. The van der Waals surface area contributed by atoms with Crippen LogP contribution in [0.5, 0.6) is 0 Å². The summed E-state index contributed by atoms with van der Waals surface area (Å²) in [6, 6.07) is 17.6. The first-order valence-electron chi connectivity index (χ1n) is 6.61. The van der Waals surface area contributed by atoms with Gasteiger partial charge in [0.2, 0.25) is 0 Å². The summed E-state index contributed by atoms with van der Waals surface area (Å²) in [6.07, 6.45) is 0. The average Bonchev–Trinajstić information content (AvgIpc) is 2.90. The highest BCUT2D eigenvalue weighted by molar-refractivity contribution is 9.10. The van der Waals surface area contributed by atoms with E-state index in [0.29, 0.717) is 5.56 Å². The second-order valence-electron chi connectivity index (χ2n) is 4.89. The van der Waals surface area contributed by atoms with Gasteiger partial charge in [0.15, 0.2) is 0 Å². The molecule has 2 aromatic carbocycles. The van der Waals surface area contributed by atoms with Gasteiger partial charge < -0.3 is 9.73 Å². The molecule has 3 rings (SSSR count). The number of nitriles is 1. The number of nitrogens with one attached hydrogen (secondary N) is 1. The summed E-state index contributed by atoms with van der Waals surface area (Å²) < 4.78 is 6.90. The van der Waals surface area contributed by atoms with Crippen molar-refractivity contribution < 1.29 is 4.42 Å². The van der Waals surface area contributed by atoms with Crippen molar-refractivity contribution >= 4 is 32.6 Å². The third-order valence-electron chi connectivity index (χ3n) is 3.30. The van der Waals surface area contributed by atoms with E-state index in [2.05, 4.69) is 27.3 Å². The zero-order chi connectivity index (χ0) is 14.8. The first-order valence-corrected chi connectivity index (χ1v) is 7.41. The Balaban J connectivity index is 1.86. The van der Waals surface area contributed by atoms with Crippen molar-refractivity contribution in [2.24, 2.45) is 0 Å². The first-order chi connectivity index (χ1) is 10.2. The SMILES string of the molecule is CC(Nc1cccc(C#N)c1)c1cc2cc(Br)ccc2o1. The van der Waals surface area contributed by atoms with Crippen molar-refractivity contribution in [2.45, 2.75) is 13.0 Å². The molecule has 0 amide bonds. The summed E-state index contributed by atoms with van der Waals surface area (Å²) in [7, 11) is 0. The maximum atomic E-state index is 8.93. The number of hydrogen-bond donors (Lipinski definition) is 1. The maximum Gasteiger partial charge on any atom is 0.134 e. The van der Waals surface area contributed by atoms with E-state index in [1.54, 1.807) is 6.07 Å². The van der Waals surface area contributed by atoms with Gasteiger partial charge in [0.05, 0.1) is 17.7 Å². The van der Waals surface area contributed by atoms with E-state index in [4.69, 9.17) is 9.68 Å². The molecule has 0 aliphatic heterocycles. The third kappa shape index (κ3) is 2.93.